The molecule has 3 nitrogen and oxygen atoms in total. The van der Waals surface area contributed by atoms with Gasteiger partial charge in [0.2, 0.25) is 0 Å². The lowest BCUT2D eigenvalue weighted by atomic mass is 9.88. The summed E-state index contributed by atoms with van der Waals surface area (Å²) in [5.41, 5.74) is 3.41. The molecule has 2 aliphatic heterocycles. The number of amides is 1. The van der Waals surface area contributed by atoms with Crippen LogP contribution in [0.15, 0.2) is 18.2 Å². The van der Waals surface area contributed by atoms with Crippen molar-refractivity contribution in [2.24, 2.45) is 0 Å². The van der Waals surface area contributed by atoms with Gasteiger partial charge >= 0.3 is 0 Å². The second-order valence-electron chi connectivity index (χ2n) is 4.87. The van der Waals surface area contributed by atoms with Crippen molar-refractivity contribution in [3.8, 4) is 0 Å². The number of aryl methyl sites for hydroxylation is 1. The molecule has 1 aromatic carbocycles. The van der Waals surface area contributed by atoms with Gasteiger partial charge in [-0.3, -0.25) is 4.79 Å². The van der Waals surface area contributed by atoms with Gasteiger partial charge in [0.05, 0.1) is 0 Å². The van der Waals surface area contributed by atoms with Crippen molar-refractivity contribution in [2.45, 2.75) is 25.8 Å². The Labute approximate surface area is 102 Å². The van der Waals surface area contributed by atoms with E-state index in [0.717, 1.165) is 38.0 Å². The largest absolute Gasteiger partial charge is 0.333 e. The minimum Gasteiger partial charge on any atom is -0.333 e. The lowest BCUT2D eigenvalue weighted by Crippen LogP contribution is -2.56. The third kappa shape index (κ3) is 1.65. The third-order valence-electron chi connectivity index (χ3n) is 3.90. The van der Waals surface area contributed by atoms with E-state index in [-0.39, 0.29) is 5.91 Å². The maximum absolute atomic E-state index is 12.5. The van der Waals surface area contributed by atoms with Crippen molar-refractivity contribution >= 4 is 5.91 Å². The standard InChI is InChI=1S/C14H18N2O/c1-2-10-4-3-5-11-8-12-9-15-6-7-16(12)14(17)13(10)11/h3-5,12,15H,2,6-9H2,1H3/t12-/m1/s1. The molecule has 3 heteroatoms. The number of carbonyl (C=O) groups is 1. The van der Waals surface area contributed by atoms with Crippen LogP contribution in [0.1, 0.15) is 28.4 Å². The molecule has 0 bridgehead atoms. The van der Waals surface area contributed by atoms with Gasteiger partial charge in [-0.25, -0.2) is 0 Å². The molecule has 1 fully saturated rings. The van der Waals surface area contributed by atoms with Crippen LogP contribution in [0.4, 0.5) is 0 Å². The first-order valence-electron chi connectivity index (χ1n) is 6.43. The number of rotatable bonds is 1. The molecule has 1 saturated heterocycles. The van der Waals surface area contributed by atoms with Gasteiger partial charge in [-0.05, 0) is 24.0 Å². The Morgan fingerprint density at radius 3 is 3.18 bits per heavy atom. The minimum atomic E-state index is 0.246. The average molecular weight is 230 g/mol. The second-order valence-corrected chi connectivity index (χ2v) is 4.87. The molecule has 1 atom stereocenters. The van der Waals surface area contributed by atoms with E-state index in [4.69, 9.17) is 0 Å². The van der Waals surface area contributed by atoms with Crippen molar-refractivity contribution < 1.29 is 4.79 Å². The van der Waals surface area contributed by atoms with Crippen LogP contribution in [-0.4, -0.2) is 36.5 Å². The number of piperazine rings is 1. The van der Waals surface area contributed by atoms with Crippen LogP contribution in [0.25, 0.3) is 0 Å². The summed E-state index contributed by atoms with van der Waals surface area (Å²) < 4.78 is 0. The van der Waals surface area contributed by atoms with E-state index in [0.29, 0.717) is 6.04 Å². The molecule has 2 heterocycles. The van der Waals surface area contributed by atoms with E-state index in [9.17, 15) is 4.79 Å². The number of hydrogen-bond acceptors (Lipinski definition) is 2. The molecule has 0 spiro atoms. The first-order valence-corrected chi connectivity index (χ1v) is 6.43. The van der Waals surface area contributed by atoms with E-state index in [1.807, 2.05) is 0 Å². The number of carbonyl (C=O) groups excluding carboxylic acids is 1. The summed E-state index contributed by atoms with van der Waals surface area (Å²) in [6.45, 7) is 4.82. The van der Waals surface area contributed by atoms with E-state index < -0.39 is 0 Å². The Morgan fingerprint density at radius 2 is 2.35 bits per heavy atom. The zero-order valence-corrected chi connectivity index (χ0v) is 10.2. The normalized spacial score (nSPS) is 23.2. The van der Waals surface area contributed by atoms with Crippen LogP contribution in [0.5, 0.6) is 0 Å². The van der Waals surface area contributed by atoms with Gasteiger partial charge in [-0.2, -0.15) is 0 Å². The summed E-state index contributed by atoms with van der Waals surface area (Å²) in [6, 6.07) is 6.63. The average Bonchev–Trinajstić information content (AvgIpc) is 2.38. The van der Waals surface area contributed by atoms with E-state index in [1.54, 1.807) is 0 Å². The van der Waals surface area contributed by atoms with E-state index in [1.165, 1.54) is 11.1 Å². The van der Waals surface area contributed by atoms with Crippen LogP contribution in [0.2, 0.25) is 0 Å². The first kappa shape index (κ1) is 10.8. The Bertz CT molecular complexity index is 456. The van der Waals surface area contributed by atoms with Crippen molar-refractivity contribution in [3.63, 3.8) is 0 Å². The maximum Gasteiger partial charge on any atom is 0.254 e. The SMILES string of the molecule is CCc1cccc2c1C(=O)N1CCNC[C@H]1C2. The topological polar surface area (TPSA) is 32.3 Å². The Hall–Kier alpha value is -1.35. The molecule has 0 radical (unpaired) electrons. The van der Waals surface area contributed by atoms with E-state index >= 15 is 0 Å². The molecule has 1 N–H and O–H groups in total. The summed E-state index contributed by atoms with van der Waals surface area (Å²) in [5.74, 6) is 0.246. The van der Waals surface area contributed by atoms with Crippen molar-refractivity contribution in [1.29, 1.82) is 0 Å². The van der Waals surface area contributed by atoms with Gasteiger partial charge in [0.25, 0.3) is 5.91 Å². The summed E-state index contributed by atoms with van der Waals surface area (Å²) in [4.78, 5) is 14.6. The highest BCUT2D eigenvalue weighted by molar-refractivity contribution is 5.98. The second kappa shape index (κ2) is 4.15. The van der Waals surface area contributed by atoms with Crippen LogP contribution >= 0.6 is 0 Å². The fourth-order valence-electron chi connectivity index (χ4n) is 3.00. The predicted molar refractivity (Wildman–Crippen MR) is 67.2 cm³/mol. The molecule has 0 aromatic heterocycles. The molecule has 1 amide bonds. The van der Waals surface area contributed by atoms with Crippen LogP contribution in [-0.2, 0) is 12.8 Å². The summed E-state index contributed by atoms with van der Waals surface area (Å²) >= 11 is 0. The molecular weight excluding hydrogens is 212 g/mol. The fourth-order valence-corrected chi connectivity index (χ4v) is 3.00. The van der Waals surface area contributed by atoms with Crippen molar-refractivity contribution in [3.05, 3.63) is 34.9 Å². The quantitative estimate of drug-likeness (QED) is 0.786. The van der Waals surface area contributed by atoms with Crippen LogP contribution < -0.4 is 5.32 Å². The highest BCUT2D eigenvalue weighted by Crippen LogP contribution is 2.27. The monoisotopic (exact) mass is 230 g/mol. The lowest BCUT2D eigenvalue weighted by molar-refractivity contribution is 0.0605. The highest BCUT2D eigenvalue weighted by Gasteiger charge is 2.34. The third-order valence-corrected chi connectivity index (χ3v) is 3.90. The predicted octanol–water partition coefficient (Wildman–Crippen LogP) is 1.22. The Morgan fingerprint density at radius 1 is 1.47 bits per heavy atom. The zero-order valence-electron chi connectivity index (χ0n) is 10.2. The number of fused-ring (bicyclic) bond motifs is 2. The molecule has 0 unspecified atom stereocenters. The van der Waals surface area contributed by atoms with Gasteiger partial charge < -0.3 is 10.2 Å². The molecule has 17 heavy (non-hydrogen) atoms. The number of hydrogen-bond donors (Lipinski definition) is 1. The molecule has 1 aromatic rings. The first-order chi connectivity index (χ1) is 8.31. The molecule has 2 aliphatic rings. The lowest BCUT2D eigenvalue weighted by Gasteiger charge is -2.40. The minimum absolute atomic E-state index is 0.246. The number of nitrogens with one attached hydrogen (secondary N) is 1. The summed E-state index contributed by atoms with van der Waals surface area (Å²) in [5, 5.41) is 3.37. The van der Waals surface area contributed by atoms with Crippen molar-refractivity contribution in [2.75, 3.05) is 19.6 Å². The molecule has 0 aliphatic carbocycles. The molecule has 0 saturated carbocycles. The molecule has 3 rings (SSSR count). The van der Waals surface area contributed by atoms with Gasteiger partial charge in [0, 0.05) is 31.2 Å². The molecular formula is C14H18N2O. The summed E-state index contributed by atoms with van der Waals surface area (Å²) in [7, 11) is 0. The van der Waals surface area contributed by atoms with Gasteiger partial charge in [0.15, 0.2) is 0 Å². The van der Waals surface area contributed by atoms with Gasteiger partial charge in [-0.1, -0.05) is 25.1 Å². The van der Waals surface area contributed by atoms with Crippen molar-refractivity contribution in [1.82, 2.24) is 10.2 Å². The van der Waals surface area contributed by atoms with Gasteiger partial charge in [0.1, 0.15) is 0 Å². The smallest absolute Gasteiger partial charge is 0.254 e. The highest BCUT2D eigenvalue weighted by atomic mass is 16.2. The molecule has 90 valence electrons. The Balaban J connectivity index is 2.06. The Kier molecular flexibility index (Phi) is 2.63. The van der Waals surface area contributed by atoms with Crippen LogP contribution in [0, 0.1) is 0 Å². The zero-order chi connectivity index (χ0) is 11.8. The van der Waals surface area contributed by atoms with Crippen LogP contribution in [0.3, 0.4) is 0 Å². The maximum atomic E-state index is 12.5. The fraction of sp³-hybridized carbons (Fsp3) is 0.500. The number of nitrogens with zero attached hydrogens (tertiary/aromatic N) is 1. The number of benzene rings is 1. The van der Waals surface area contributed by atoms with Gasteiger partial charge in [-0.15, -0.1) is 0 Å². The summed E-state index contributed by atoms with van der Waals surface area (Å²) in [6.07, 6.45) is 1.94. The van der Waals surface area contributed by atoms with E-state index in [2.05, 4.69) is 35.3 Å².